The number of carbonyl (C=O) groups excluding carboxylic acids is 2. The molecule has 1 saturated heterocycles. The summed E-state index contributed by atoms with van der Waals surface area (Å²) in [5.74, 6) is 0.272. The third kappa shape index (κ3) is 3.24. The summed E-state index contributed by atoms with van der Waals surface area (Å²) in [4.78, 5) is 26.0. The minimum atomic E-state index is -0.359. The number of nitrogens with two attached hydrogens (primary N) is 1. The van der Waals surface area contributed by atoms with E-state index in [4.69, 9.17) is 5.73 Å². The van der Waals surface area contributed by atoms with Crippen LogP contribution in [0.25, 0.3) is 0 Å². The molecule has 1 heterocycles. The van der Waals surface area contributed by atoms with Gasteiger partial charge in [0.25, 0.3) is 0 Å². The molecule has 0 atom stereocenters. The van der Waals surface area contributed by atoms with Gasteiger partial charge in [0, 0.05) is 31.7 Å². The number of rotatable bonds is 5. The molecule has 0 bridgehead atoms. The van der Waals surface area contributed by atoms with Crippen LogP contribution in [0.5, 0.6) is 0 Å². The van der Waals surface area contributed by atoms with Gasteiger partial charge in [-0.1, -0.05) is 25.0 Å². The molecule has 3 N–H and O–H groups in total. The molecular weight excluding hydrogens is 290 g/mol. The van der Waals surface area contributed by atoms with Gasteiger partial charge < -0.3 is 16.0 Å². The van der Waals surface area contributed by atoms with Crippen LogP contribution >= 0.6 is 0 Å². The summed E-state index contributed by atoms with van der Waals surface area (Å²) in [6.07, 6.45) is 5.53. The zero-order valence-electron chi connectivity index (χ0n) is 13.5. The Kier molecular flexibility index (Phi) is 4.66. The minimum Gasteiger partial charge on any atom is -0.352 e. The third-order valence-electron chi connectivity index (χ3n) is 5.21. The Morgan fingerprint density at radius 3 is 2.43 bits per heavy atom. The van der Waals surface area contributed by atoms with Crippen molar-refractivity contribution in [3.63, 3.8) is 0 Å². The van der Waals surface area contributed by atoms with Gasteiger partial charge in [-0.15, -0.1) is 0 Å². The summed E-state index contributed by atoms with van der Waals surface area (Å²) >= 11 is 0. The summed E-state index contributed by atoms with van der Waals surface area (Å²) < 4.78 is 0. The minimum absolute atomic E-state index is 0.0799. The van der Waals surface area contributed by atoms with Gasteiger partial charge in [0.15, 0.2) is 0 Å². The normalized spacial score (nSPS) is 20.0. The Morgan fingerprint density at radius 1 is 1.17 bits per heavy atom. The monoisotopic (exact) mass is 315 g/mol. The molecule has 1 aromatic rings. The number of hydrogen-bond donors (Lipinski definition) is 2. The van der Waals surface area contributed by atoms with E-state index in [0.717, 1.165) is 49.9 Å². The number of nitrogens with zero attached hydrogens (tertiary/aromatic N) is 1. The number of benzene rings is 1. The Balaban J connectivity index is 1.58. The smallest absolute Gasteiger partial charge is 0.227 e. The highest BCUT2D eigenvalue weighted by Crippen LogP contribution is 2.37. The predicted octanol–water partition coefficient (Wildman–Crippen LogP) is 1.95. The van der Waals surface area contributed by atoms with E-state index in [1.807, 2.05) is 29.2 Å². The van der Waals surface area contributed by atoms with E-state index in [9.17, 15) is 9.59 Å². The lowest BCUT2D eigenvalue weighted by Gasteiger charge is -2.25. The van der Waals surface area contributed by atoms with Crippen molar-refractivity contribution in [2.75, 3.05) is 18.0 Å². The maximum Gasteiger partial charge on any atom is 0.227 e. The van der Waals surface area contributed by atoms with E-state index in [0.29, 0.717) is 19.5 Å². The van der Waals surface area contributed by atoms with Gasteiger partial charge in [-0.3, -0.25) is 9.59 Å². The molecule has 3 rings (SSSR count). The van der Waals surface area contributed by atoms with Crippen molar-refractivity contribution in [3.05, 3.63) is 29.8 Å². The van der Waals surface area contributed by atoms with Gasteiger partial charge in [-0.25, -0.2) is 0 Å². The average Bonchev–Trinajstić information content (AvgIpc) is 3.23. The summed E-state index contributed by atoms with van der Waals surface area (Å²) in [5, 5.41) is 3.03. The summed E-state index contributed by atoms with van der Waals surface area (Å²) in [6, 6.07) is 7.87. The van der Waals surface area contributed by atoms with Crippen LogP contribution in [0.2, 0.25) is 0 Å². The molecule has 0 unspecified atom stereocenters. The average molecular weight is 315 g/mol. The highest BCUT2D eigenvalue weighted by Gasteiger charge is 2.39. The number of carbonyl (C=O) groups is 2. The molecule has 1 saturated carbocycles. The molecule has 0 aromatic heterocycles. The molecule has 124 valence electrons. The van der Waals surface area contributed by atoms with Crippen molar-refractivity contribution < 1.29 is 9.59 Å². The molecule has 2 aliphatic rings. The topological polar surface area (TPSA) is 75.4 Å². The highest BCUT2D eigenvalue weighted by molar-refractivity contribution is 5.95. The quantitative estimate of drug-likeness (QED) is 0.872. The first-order valence-electron chi connectivity index (χ1n) is 8.52. The first-order chi connectivity index (χ1) is 11.1. The van der Waals surface area contributed by atoms with Gasteiger partial charge in [-0.2, -0.15) is 0 Å². The Bertz CT molecular complexity index is 576. The van der Waals surface area contributed by atoms with Crippen molar-refractivity contribution in [1.29, 1.82) is 0 Å². The first-order valence-corrected chi connectivity index (χ1v) is 8.52. The zero-order chi connectivity index (χ0) is 16.3. The predicted molar refractivity (Wildman–Crippen MR) is 89.8 cm³/mol. The molecule has 1 aliphatic carbocycles. The van der Waals surface area contributed by atoms with E-state index in [2.05, 4.69) is 5.32 Å². The van der Waals surface area contributed by atoms with Crippen molar-refractivity contribution in [1.82, 2.24) is 5.32 Å². The molecule has 5 heteroatoms. The van der Waals surface area contributed by atoms with Gasteiger partial charge in [0.05, 0.1) is 5.41 Å². The fourth-order valence-electron chi connectivity index (χ4n) is 3.66. The third-order valence-corrected chi connectivity index (χ3v) is 5.21. The van der Waals surface area contributed by atoms with E-state index < -0.39 is 0 Å². The van der Waals surface area contributed by atoms with Gasteiger partial charge in [0.1, 0.15) is 0 Å². The second kappa shape index (κ2) is 6.71. The van der Waals surface area contributed by atoms with Crippen LogP contribution < -0.4 is 16.0 Å². The van der Waals surface area contributed by atoms with Crippen molar-refractivity contribution in [3.8, 4) is 0 Å². The van der Waals surface area contributed by atoms with E-state index in [1.165, 1.54) is 0 Å². The van der Waals surface area contributed by atoms with Gasteiger partial charge in [-0.05, 0) is 37.0 Å². The maximum absolute atomic E-state index is 12.4. The highest BCUT2D eigenvalue weighted by atomic mass is 16.2. The number of nitrogens with one attached hydrogen (secondary N) is 1. The molecule has 1 aliphatic heterocycles. The van der Waals surface area contributed by atoms with E-state index in [-0.39, 0.29) is 17.2 Å². The van der Waals surface area contributed by atoms with Crippen LogP contribution in [0.3, 0.4) is 0 Å². The molecule has 2 amide bonds. The second-order valence-corrected chi connectivity index (χ2v) is 6.69. The number of hydrogen-bond acceptors (Lipinski definition) is 3. The van der Waals surface area contributed by atoms with Gasteiger partial charge in [0.2, 0.25) is 11.8 Å². The first kappa shape index (κ1) is 16.0. The molecule has 0 spiro atoms. The van der Waals surface area contributed by atoms with Crippen molar-refractivity contribution in [2.45, 2.75) is 45.1 Å². The van der Waals surface area contributed by atoms with E-state index >= 15 is 0 Å². The second-order valence-electron chi connectivity index (χ2n) is 6.69. The Hall–Kier alpha value is -1.88. The summed E-state index contributed by atoms with van der Waals surface area (Å²) in [6.45, 7) is 1.73. The van der Waals surface area contributed by atoms with Gasteiger partial charge >= 0.3 is 0 Å². The fraction of sp³-hybridized carbons (Fsp3) is 0.556. The molecule has 5 nitrogen and oxygen atoms in total. The van der Waals surface area contributed by atoms with Crippen LogP contribution in [-0.4, -0.2) is 24.9 Å². The van der Waals surface area contributed by atoms with Crippen LogP contribution in [0.4, 0.5) is 5.69 Å². The van der Waals surface area contributed by atoms with Crippen LogP contribution in [-0.2, 0) is 16.1 Å². The number of amides is 2. The van der Waals surface area contributed by atoms with E-state index in [1.54, 1.807) is 0 Å². The molecule has 2 fully saturated rings. The molecular formula is C18H25N3O2. The molecule has 23 heavy (non-hydrogen) atoms. The Labute approximate surface area is 137 Å². The summed E-state index contributed by atoms with van der Waals surface area (Å²) in [7, 11) is 0. The lowest BCUT2D eigenvalue weighted by atomic mass is 9.85. The SMILES string of the molecule is NCC1(C(=O)NCc2ccc(N3CCCC3=O)cc2)CCCC1. The largest absolute Gasteiger partial charge is 0.352 e. The lowest BCUT2D eigenvalue weighted by molar-refractivity contribution is -0.130. The molecule has 0 radical (unpaired) electrons. The Morgan fingerprint density at radius 2 is 1.87 bits per heavy atom. The summed E-state index contributed by atoms with van der Waals surface area (Å²) in [5.41, 5.74) is 7.47. The maximum atomic E-state index is 12.4. The fourth-order valence-corrected chi connectivity index (χ4v) is 3.66. The molecule has 1 aromatic carbocycles. The standard InChI is InChI=1S/C18H25N3O2/c19-13-18(9-1-2-10-18)17(23)20-12-14-5-7-15(8-6-14)21-11-3-4-16(21)22/h5-8H,1-4,9-13,19H2,(H,20,23). The van der Waals surface area contributed by atoms with Crippen LogP contribution in [0, 0.1) is 5.41 Å². The lowest BCUT2D eigenvalue weighted by Crippen LogP contribution is -2.43. The van der Waals surface area contributed by atoms with Crippen molar-refractivity contribution >= 4 is 17.5 Å². The van der Waals surface area contributed by atoms with Crippen LogP contribution in [0.15, 0.2) is 24.3 Å². The number of anilines is 1. The van der Waals surface area contributed by atoms with Crippen LogP contribution in [0.1, 0.15) is 44.1 Å². The van der Waals surface area contributed by atoms with Crippen molar-refractivity contribution in [2.24, 2.45) is 11.1 Å². The zero-order valence-corrected chi connectivity index (χ0v) is 13.5.